The van der Waals surface area contributed by atoms with E-state index >= 15 is 0 Å². The predicted molar refractivity (Wildman–Crippen MR) is 59.9 cm³/mol. The van der Waals surface area contributed by atoms with Gasteiger partial charge in [0.2, 0.25) is 0 Å². The zero-order chi connectivity index (χ0) is 10.6. The van der Waals surface area contributed by atoms with E-state index in [4.69, 9.17) is 10.5 Å². The Morgan fingerprint density at radius 3 is 2.71 bits per heavy atom. The Kier molecular flexibility index (Phi) is 3.77. The van der Waals surface area contributed by atoms with Crippen molar-refractivity contribution < 1.29 is 4.74 Å². The highest BCUT2D eigenvalue weighted by molar-refractivity contribution is 5.49. The quantitative estimate of drug-likeness (QED) is 0.789. The molecule has 0 aliphatic heterocycles. The van der Waals surface area contributed by atoms with Gasteiger partial charge in [0.15, 0.2) is 0 Å². The monoisotopic (exact) mass is 194 g/mol. The summed E-state index contributed by atoms with van der Waals surface area (Å²) in [5, 5.41) is 0. The first-order valence-corrected chi connectivity index (χ1v) is 4.75. The second-order valence-corrected chi connectivity index (χ2v) is 3.68. The Hall–Kier alpha value is -1.22. The Balaban J connectivity index is 2.64. The van der Waals surface area contributed by atoms with Gasteiger partial charge in [0.05, 0.1) is 0 Å². The van der Waals surface area contributed by atoms with Gasteiger partial charge in [-0.25, -0.2) is 0 Å². The van der Waals surface area contributed by atoms with Crippen LogP contribution >= 0.6 is 0 Å². The molecule has 0 amide bonds. The predicted octanol–water partition coefficient (Wildman–Crippen LogP) is 1.48. The molecular weight excluding hydrogens is 176 g/mol. The maximum absolute atomic E-state index is 5.60. The van der Waals surface area contributed by atoms with Crippen LogP contribution in [0, 0.1) is 0 Å². The average molecular weight is 194 g/mol. The molecule has 0 saturated carbocycles. The fraction of sp³-hybridized carbons (Fsp3) is 0.455. The van der Waals surface area contributed by atoms with Crippen molar-refractivity contribution in [2.45, 2.75) is 13.0 Å². The van der Waals surface area contributed by atoms with Gasteiger partial charge in [0, 0.05) is 31.9 Å². The lowest BCUT2D eigenvalue weighted by molar-refractivity contribution is 0.296. The standard InChI is InChI=1S/C11H18N2O/c1-9(12)8-14-11-6-4-5-10(7-11)13(2)3/h4-7,9H,8,12H2,1-3H3/t9-/m1/s1. The summed E-state index contributed by atoms with van der Waals surface area (Å²) in [5.41, 5.74) is 6.73. The molecule has 0 aromatic heterocycles. The van der Waals surface area contributed by atoms with Crippen LogP contribution < -0.4 is 15.4 Å². The van der Waals surface area contributed by atoms with E-state index < -0.39 is 0 Å². The lowest BCUT2D eigenvalue weighted by Crippen LogP contribution is -2.23. The minimum Gasteiger partial charge on any atom is -0.492 e. The van der Waals surface area contributed by atoms with Crippen molar-refractivity contribution in [2.24, 2.45) is 5.73 Å². The zero-order valence-corrected chi connectivity index (χ0v) is 9.03. The Morgan fingerprint density at radius 2 is 2.14 bits per heavy atom. The van der Waals surface area contributed by atoms with Crippen LogP contribution in [0.25, 0.3) is 0 Å². The van der Waals surface area contributed by atoms with Gasteiger partial charge in [-0.05, 0) is 19.1 Å². The topological polar surface area (TPSA) is 38.5 Å². The molecule has 1 aromatic rings. The van der Waals surface area contributed by atoms with E-state index in [0.717, 1.165) is 11.4 Å². The van der Waals surface area contributed by atoms with Crippen molar-refractivity contribution in [1.29, 1.82) is 0 Å². The third-order valence-electron chi connectivity index (χ3n) is 1.85. The fourth-order valence-electron chi connectivity index (χ4n) is 1.08. The van der Waals surface area contributed by atoms with Crippen molar-refractivity contribution in [3.63, 3.8) is 0 Å². The van der Waals surface area contributed by atoms with Crippen molar-refractivity contribution in [3.05, 3.63) is 24.3 Å². The van der Waals surface area contributed by atoms with Gasteiger partial charge in [-0.1, -0.05) is 6.07 Å². The molecule has 78 valence electrons. The van der Waals surface area contributed by atoms with Gasteiger partial charge >= 0.3 is 0 Å². The number of rotatable bonds is 4. The number of nitrogens with zero attached hydrogens (tertiary/aromatic N) is 1. The Bertz CT molecular complexity index is 284. The SMILES string of the molecule is C[C@@H](N)COc1cccc(N(C)C)c1. The third kappa shape index (κ3) is 3.26. The summed E-state index contributed by atoms with van der Waals surface area (Å²) in [6.07, 6.45) is 0. The summed E-state index contributed by atoms with van der Waals surface area (Å²) in [4.78, 5) is 2.04. The molecule has 0 spiro atoms. The maximum atomic E-state index is 5.60. The summed E-state index contributed by atoms with van der Waals surface area (Å²) in [5.74, 6) is 0.869. The van der Waals surface area contributed by atoms with Crippen molar-refractivity contribution in [1.82, 2.24) is 0 Å². The van der Waals surface area contributed by atoms with E-state index in [2.05, 4.69) is 0 Å². The molecule has 14 heavy (non-hydrogen) atoms. The lowest BCUT2D eigenvalue weighted by Gasteiger charge is -2.14. The lowest BCUT2D eigenvalue weighted by atomic mass is 10.3. The molecule has 1 aromatic carbocycles. The molecule has 0 unspecified atom stereocenters. The van der Waals surface area contributed by atoms with E-state index in [-0.39, 0.29) is 6.04 Å². The summed E-state index contributed by atoms with van der Waals surface area (Å²) in [6, 6.07) is 8.03. The largest absolute Gasteiger partial charge is 0.492 e. The molecule has 0 saturated heterocycles. The second kappa shape index (κ2) is 4.86. The minimum absolute atomic E-state index is 0.0676. The van der Waals surface area contributed by atoms with E-state index in [1.54, 1.807) is 0 Å². The van der Waals surface area contributed by atoms with E-state index in [9.17, 15) is 0 Å². The average Bonchev–Trinajstić information content (AvgIpc) is 2.15. The molecule has 3 nitrogen and oxygen atoms in total. The molecule has 1 rings (SSSR count). The summed E-state index contributed by atoms with van der Waals surface area (Å²) in [6.45, 7) is 2.48. The van der Waals surface area contributed by atoms with Crippen molar-refractivity contribution in [3.8, 4) is 5.75 Å². The molecule has 0 aliphatic carbocycles. The number of anilines is 1. The van der Waals surface area contributed by atoms with Crippen LogP contribution in [0.4, 0.5) is 5.69 Å². The highest BCUT2D eigenvalue weighted by atomic mass is 16.5. The van der Waals surface area contributed by atoms with Crippen molar-refractivity contribution in [2.75, 3.05) is 25.6 Å². The first-order chi connectivity index (χ1) is 6.59. The van der Waals surface area contributed by atoms with E-state index in [1.807, 2.05) is 50.2 Å². The Labute approximate surface area is 85.5 Å². The van der Waals surface area contributed by atoms with Gasteiger partial charge in [-0.15, -0.1) is 0 Å². The molecule has 1 atom stereocenters. The number of ether oxygens (including phenoxy) is 1. The summed E-state index contributed by atoms with van der Waals surface area (Å²) in [7, 11) is 4.01. The van der Waals surface area contributed by atoms with Crippen LogP contribution in [0.1, 0.15) is 6.92 Å². The number of benzene rings is 1. The van der Waals surface area contributed by atoms with Crippen LogP contribution in [0.5, 0.6) is 5.75 Å². The molecule has 0 bridgehead atoms. The number of nitrogens with two attached hydrogens (primary N) is 1. The maximum Gasteiger partial charge on any atom is 0.121 e. The zero-order valence-electron chi connectivity index (χ0n) is 9.03. The molecule has 0 heterocycles. The number of hydrogen-bond acceptors (Lipinski definition) is 3. The van der Waals surface area contributed by atoms with Gasteiger partial charge in [-0.3, -0.25) is 0 Å². The van der Waals surface area contributed by atoms with Crippen LogP contribution in [-0.4, -0.2) is 26.7 Å². The summed E-state index contributed by atoms with van der Waals surface area (Å²) >= 11 is 0. The van der Waals surface area contributed by atoms with E-state index in [1.165, 1.54) is 0 Å². The van der Waals surface area contributed by atoms with Gasteiger partial charge in [0.1, 0.15) is 12.4 Å². The first-order valence-electron chi connectivity index (χ1n) is 4.75. The second-order valence-electron chi connectivity index (χ2n) is 3.68. The smallest absolute Gasteiger partial charge is 0.121 e. The molecule has 0 aliphatic rings. The van der Waals surface area contributed by atoms with Crippen LogP contribution in [0.15, 0.2) is 24.3 Å². The van der Waals surface area contributed by atoms with Gasteiger partial charge < -0.3 is 15.4 Å². The molecule has 0 radical (unpaired) electrons. The van der Waals surface area contributed by atoms with Gasteiger partial charge in [-0.2, -0.15) is 0 Å². The van der Waals surface area contributed by atoms with E-state index in [0.29, 0.717) is 6.61 Å². The fourth-order valence-corrected chi connectivity index (χ4v) is 1.08. The normalized spacial score (nSPS) is 12.3. The van der Waals surface area contributed by atoms with Crippen LogP contribution in [0.2, 0.25) is 0 Å². The molecule has 2 N–H and O–H groups in total. The number of hydrogen-bond donors (Lipinski definition) is 1. The van der Waals surface area contributed by atoms with Crippen LogP contribution in [-0.2, 0) is 0 Å². The van der Waals surface area contributed by atoms with Crippen LogP contribution in [0.3, 0.4) is 0 Å². The first kappa shape index (κ1) is 10.9. The Morgan fingerprint density at radius 1 is 1.43 bits per heavy atom. The third-order valence-corrected chi connectivity index (χ3v) is 1.85. The molecule has 3 heteroatoms. The van der Waals surface area contributed by atoms with Crippen molar-refractivity contribution >= 4 is 5.69 Å². The molecule has 0 fully saturated rings. The molecular formula is C11H18N2O. The highest BCUT2D eigenvalue weighted by Gasteiger charge is 1.99. The van der Waals surface area contributed by atoms with Gasteiger partial charge in [0.25, 0.3) is 0 Å². The summed E-state index contributed by atoms with van der Waals surface area (Å²) < 4.78 is 5.51. The minimum atomic E-state index is 0.0676. The highest BCUT2D eigenvalue weighted by Crippen LogP contribution is 2.19.